The Labute approximate surface area is 190 Å². The lowest BCUT2D eigenvalue weighted by molar-refractivity contribution is -0.122. The molecule has 3 rings (SSSR count). The number of ether oxygens (including phenoxy) is 1. The van der Waals surface area contributed by atoms with Crippen molar-refractivity contribution in [2.45, 2.75) is 26.2 Å². The summed E-state index contributed by atoms with van der Waals surface area (Å²) in [5.74, 6) is 0.195. The molecule has 10 heteroatoms. The van der Waals surface area contributed by atoms with E-state index in [1.165, 1.54) is 16.2 Å². The van der Waals surface area contributed by atoms with Crippen LogP contribution in [0.4, 0.5) is 5.82 Å². The van der Waals surface area contributed by atoms with Gasteiger partial charge in [-0.1, -0.05) is 49.8 Å². The number of hydrogen-bond acceptors (Lipinski definition) is 8. The van der Waals surface area contributed by atoms with E-state index in [-0.39, 0.29) is 24.7 Å². The summed E-state index contributed by atoms with van der Waals surface area (Å²) in [7, 11) is 0. The van der Waals surface area contributed by atoms with Gasteiger partial charge in [0.05, 0.1) is 30.3 Å². The summed E-state index contributed by atoms with van der Waals surface area (Å²) in [6.45, 7) is 3.61. The minimum Gasteiger partial charge on any atom is -0.394 e. The number of fused-ring (bicyclic) bond motifs is 1. The van der Waals surface area contributed by atoms with Gasteiger partial charge in [-0.15, -0.1) is 0 Å². The highest BCUT2D eigenvalue weighted by molar-refractivity contribution is 8.26. The van der Waals surface area contributed by atoms with Crippen LogP contribution in [0.3, 0.4) is 0 Å². The molecule has 1 amide bonds. The first-order valence-electron chi connectivity index (χ1n) is 10.3. The summed E-state index contributed by atoms with van der Waals surface area (Å²) in [5, 5.41) is 11.9. The molecule has 1 saturated heterocycles. The largest absolute Gasteiger partial charge is 0.394 e. The topological polar surface area (TPSA) is 96.2 Å². The van der Waals surface area contributed by atoms with Gasteiger partial charge in [-0.05, 0) is 24.6 Å². The molecule has 0 radical (unpaired) electrons. The average molecular weight is 463 g/mol. The first-order valence-corrected chi connectivity index (χ1v) is 11.5. The van der Waals surface area contributed by atoms with Crippen molar-refractivity contribution in [2.75, 3.05) is 38.2 Å². The third kappa shape index (κ3) is 5.70. The fraction of sp³-hybridized carbons (Fsp3) is 0.429. The van der Waals surface area contributed by atoms with Crippen LogP contribution in [-0.2, 0) is 9.53 Å². The molecule has 2 aromatic heterocycles. The first-order chi connectivity index (χ1) is 15.1. The molecule has 166 valence electrons. The fourth-order valence-electron chi connectivity index (χ4n) is 3.12. The predicted octanol–water partition coefficient (Wildman–Crippen LogP) is 2.51. The van der Waals surface area contributed by atoms with E-state index >= 15 is 0 Å². The lowest BCUT2D eigenvalue weighted by Crippen LogP contribution is -2.29. The maximum atomic E-state index is 13.2. The van der Waals surface area contributed by atoms with Crippen molar-refractivity contribution >= 4 is 51.7 Å². The molecule has 0 aliphatic carbocycles. The third-order valence-electron chi connectivity index (χ3n) is 4.68. The summed E-state index contributed by atoms with van der Waals surface area (Å²) < 4.78 is 7.22. The number of aliphatic hydroxyl groups is 1. The van der Waals surface area contributed by atoms with Crippen LogP contribution in [0.15, 0.2) is 34.1 Å². The van der Waals surface area contributed by atoms with E-state index in [0.717, 1.165) is 19.3 Å². The van der Waals surface area contributed by atoms with Gasteiger partial charge >= 0.3 is 0 Å². The van der Waals surface area contributed by atoms with Gasteiger partial charge in [-0.25, -0.2) is 4.98 Å². The maximum absolute atomic E-state index is 13.2. The van der Waals surface area contributed by atoms with Gasteiger partial charge in [0.15, 0.2) is 0 Å². The zero-order chi connectivity index (χ0) is 22.2. The van der Waals surface area contributed by atoms with Crippen LogP contribution in [0, 0.1) is 0 Å². The number of pyridine rings is 1. The fourth-order valence-corrected chi connectivity index (χ4v) is 4.41. The Kier molecular flexibility index (Phi) is 8.59. The monoisotopic (exact) mass is 462 g/mol. The van der Waals surface area contributed by atoms with Crippen molar-refractivity contribution in [1.29, 1.82) is 0 Å². The molecule has 0 aromatic carbocycles. The highest BCUT2D eigenvalue weighted by Gasteiger charge is 2.32. The molecule has 1 aliphatic rings. The number of aromatic nitrogens is 2. The lowest BCUT2D eigenvalue weighted by Gasteiger charge is -2.13. The Morgan fingerprint density at radius 1 is 1.29 bits per heavy atom. The molecule has 2 N–H and O–H groups in total. The molecule has 0 bridgehead atoms. The number of carbonyl (C=O) groups is 1. The van der Waals surface area contributed by atoms with Crippen LogP contribution in [-0.4, -0.2) is 62.5 Å². The van der Waals surface area contributed by atoms with Gasteiger partial charge in [0.25, 0.3) is 11.5 Å². The SMILES string of the molecule is CCCCCN1C(=O)C(=Cc2c(NCCOCCO)nc3ccccn3c2=O)SC1=S. The van der Waals surface area contributed by atoms with Crippen LogP contribution < -0.4 is 10.9 Å². The van der Waals surface area contributed by atoms with E-state index in [2.05, 4.69) is 17.2 Å². The second-order valence-corrected chi connectivity index (χ2v) is 8.59. The smallest absolute Gasteiger partial charge is 0.267 e. The normalized spacial score (nSPS) is 15.4. The lowest BCUT2D eigenvalue weighted by atomic mass is 10.2. The van der Waals surface area contributed by atoms with Gasteiger partial charge < -0.3 is 15.2 Å². The average Bonchev–Trinajstić information content (AvgIpc) is 3.03. The number of aliphatic hydroxyl groups excluding tert-OH is 1. The van der Waals surface area contributed by atoms with E-state index in [1.807, 2.05) is 0 Å². The van der Waals surface area contributed by atoms with E-state index in [0.29, 0.717) is 46.0 Å². The van der Waals surface area contributed by atoms with Gasteiger partial charge in [-0.3, -0.25) is 18.9 Å². The van der Waals surface area contributed by atoms with Crippen molar-refractivity contribution in [3.63, 3.8) is 0 Å². The quantitative estimate of drug-likeness (QED) is 0.299. The highest BCUT2D eigenvalue weighted by atomic mass is 32.2. The molecule has 2 aromatic rings. The predicted molar refractivity (Wildman–Crippen MR) is 127 cm³/mol. The van der Waals surface area contributed by atoms with Crippen molar-refractivity contribution in [2.24, 2.45) is 0 Å². The Morgan fingerprint density at radius 2 is 2.13 bits per heavy atom. The molecule has 1 fully saturated rings. The van der Waals surface area contributed by atoms with Crippen molar-refractivity contribution < 1.29 is 14.6 Å². The molecule has 1 aliphatic heterocycles. The van der Waals surface area contributed by atoms with Crippen LogP contribution in [0.5, 0.6) is 0 Å². The number of hydrogen-bond donors (Lipinski definition) is 2. The Bertz CT molecular complexity index is 1040. The van der Waals surface area contributed by atoms with E-state index in [9.17, 15) is 9.59 Å². The summed E-state index contributed by atoms with van der Waals surface area (Å²) in [6, 6.07) is 5.30. The third-order valence-corrected chi connectivity index (χ3v) is 6.06. The molecular formula is C21H26N4O4S2. The van der Waals surface area contributed by atoms with E-state index in [4.69, 9.17) is 22.1 Å². The van der Waals surface area contributed by atoms with Crippen LogP contribution >= 0.6 is 24.0 Å². The number of thioether (sulfide) groups is 1. The van der Waals surface area contributed by atoms with E-state index < -0.39 is 0 Å². The second-order valence-electron chi connectivity index (χ2n) is 6.91. The number of carbonyl (C=O) groups excluding carboxylic acids is 1. The minimum atomic E-state index is -0.277. The zero-order valence-electron chi connectivity index (χ0n) is 17.4. The zero-order valence-corrected chi connectivity index (χ0v) is 19.0. The summed E-state index contributed by atoms with van der Waals surface area (Å²) in [6.07, 6.45) is 6.19. The number of nitrogens with one attached hydrogen (secondary N) is 1. The molecule has 0 atom stereocenters. The number of amides is 1. The molecule has 0 saturated carbocycles. The highest BCUT2D eigenvalue weighted by Crippen LogP contribution is 2.33. The number of unbranched alkanes of at least 4 members (excludes halogenated alkanes) is 2. The van der Waals surface area contributed by atoms with Gasteiger partial charge in [0, 0.05) is 19.3 Å². The Balaban J connectivity index is 1.91. The minimum absolute atomic E-state index is 0.0546. The van der Waals surface area contributed by atoms with Crippen LogP contribution in [0.25, 0.3) is 11.7 Å². The summed E-state index contributed by atoms with van der Waals surface area (Å²) in [4.78, 5) is 32.6. The number of rotatable bonds is 11. The summed E-state index contributed by atoms with van der Waals surface area (Å²) >= 11 is 6.59. The van der Waals surface area contributed by atoms with Crippen molar-refractivity contribution in [1.82, 2.24) is 14.3 Å². The Morgan fingerprint density at radius 3 is 2.90 bits per heavy atom. The number of thiocarbonyl (C=S) groups is 1. The molecule has 31 heavy (non-hydrogen) atoms. The number of nitrogens with zero attached hydrogens (tertiary/aromatic N) is 3. The van der Waals surface area contributed by atoms with Crippen molar-refractivity contribution in [3.05, 3.63) is 45.2 Å². The maximum Gasteiger partial charge on any atom is 0.267 e. The molecule has 8 nitrogen and oxygen atoms in total. The van der Waals surface area contributed by atoms with E-state index in [1.54, 1.807) is 35.4 Å². The molecule has 0 unspecified atom stereocenters. The first kappa shape index (κ1) is 23.4. The van der Waals surface area contributed by atoms with Crippen LogP contribution in [0.1, 0.15) is 31.7 Å². The van der Waals surface area contributed by atoms with Gasteiger partial charge in [0.2, 0.25) is 0 Å². The second kappa shape index (κ2) is 11.4. The van der Waals surface area contributed by atoms with Crippen molar-refractivity contribution in [3.8, 4) is 0 Å². The standard InChI is InChI=1S/C21H26N4O4S2/c1-2-3-5-10-25-20(28)16(31-21(25)30)14-15-18(22-8-12-29-13-11-26)23-17-7-4-6-9-24(17)19(15)27/h4,6-7,9,14,22,26H,2-3,5,8,10-13H2,1H3. The molecule has 0 spiro atoms. The summed E-state index contributed by atoms with van der Waals surface area (Å²) in [5.41, 5.74) is 0.510. The molecule has 3 heterocycles. The Hall–Kier alpha value is -2.27. The number of anilines is 1. The van der Waals surface area contributed by atoms with Crippen LogP contribution in [0.2, 0.25) is 0 Å². The molecular weight excluding hydrogens is 436 g/mol. The van der Waals surface area contributed by atoms with Gasteiger partial charge in [-0.2, -0.15) is 0 Å². The van der Waals surface area contributed by atoms with Gasteiger partial charge in [0.1, 0.15) is 15.8 Å².